The molecule has 2 aromatic heterocycles. The summed E-state index contributed by atoms with van der Waals surface area (Å²) in [5.41, 5.74) is 2.42. The van der Waals surface area contributed by atoms with Crippen LogP contribution < -0.4 is 5.32 Å². The summed E-state index contributed by atoms with van der Waals surface area (Å²) in [6.07, 6.45) is 3.35. The highest BCUT2D eigenvalue weighted by Crippen LogP contribution is 2.23. The first-order valence-corrected chi connectivity index (χ1v) is 5.78. The number of nitriles is 1. The number of aromatic nitrogens is 2. The van der Waals surface area contributed by atoms with E-state index >= 15 is 0 Å². The van der Waals surface area contributed by atoms with Gasteiger partial charge in [-0.3, -0.25) is 4.98 Å². The summed E-state index contributed by atoms with van der Waals surface area (Å²) >= 11 is 6.04. The van der Waals surface area contributed by atoms with Crippen LogP contribution in [0, 0.1) is 18.3 Å². The zero-order valence-electron chi connectivity index (χ0n) is 9.81. The average Bonchev–Trinajstić information content (AvgIpc) is 2.39. The first-order chi connectivity index (χ1) is 8.70. The largest absolute Gasteiger partial charge is 0.365 e. The third-order valence-electron chi connectivity index (χ3n) is 2.44. The topological polar surface area (TPSA) is 61.6 Å². The molecule has 0 bridgehead atoms. The Bertz CT molecular complexity index is 587. The summed E-state index contributed by atoms with van der Waals surface area (Å²) in [4.78, 5) is 8.31. The molecule has 18 heavy (non-hydrogen) atoms. The van der Waals surface area contributed by atoms with Gasteiger partial charge in [-0.05, 0) is 24.6 Å². The molecule has 0 fully saturated rings. The minimum absolute atomic E-state index is 0.347. The van der Waals surface area contributed by atoms with E-state index in [1.54, 1.807) is 18.5 Å². The molecule has 0 radical (unpaired) electrons. The van der Waals surface area contributed by atoms with Crippen LogP contribution >= 0.6 is 11.6 Å². The second-order valence-corrected chi connectivity index (χ2v) is 4.17. The number of nitrogens with zero attached hydrogens (tertiary/aromatic N) is 3. The van der Waals surface area contributed by atoms with Crippen molar-refractivity contribution in [2.45, 2.75) is 13.5 Å². The molecule has 90 valence electrons. The predicted molar refractivity (Wildman–Crippen MR) is 70.3 cm³/mol. The third kappa shape index (κ3) is 2.76. The van der Waals surface area contributed by atoms with Gasteiger partial charge in [0.15, 0.2) is 0 Å². The molecule has 2 heterocycles. The number of aryl methyl sites for hydroxylation is 1. The first kappa shape index (κ1) is 12.3. The van der Waals surface area contributed by atoms with E-state index in [1.165, 1.54) is 0 Å². The van der Waals surface area contributed by atoms with E-state index in [1.807, 2.05) is 25.1 Å². The van der Waals surface area contributed by atoms with Gasteiger partial charge in [0.05, 0.1) is 5.56 Å². The van der Waals surface area contributed by atoms with Gasteiger partial charge in [0.2, 0.25) is 0 Å². The molecule has 0 aromatic carbocycles. The summed E-state index contributed by atoms with van der Waals surface area (Å²) in [5, 5.41) is 12.3. The molecule has 0 aliphatic carbocycles. The van der Waals surface area contributed by atoms with Crippen LogP contribution in [0.15, 0.2) is 30.6 Å². The van der Waals surface area contributed by atoms with Gasteiger partial charge in [-0.25, -0.2) is 4.98 Å². The van der Waals surface area contributed by atoms with Gasteiger partial charge >= 0.3 is 0 Å². The van der Waals surface area contributed by atoms with Gasteiger partial charge < -0.3 is 5.32 Å². The molecule has 5 heteroatoms. The smallest absolute Gasteiger partial charge is 0.146 e. The van der Waals surface area contributed by atoms with Crippen molar-refractivity contribution >= 4 is 17.4 Å². The lowest BCUT2D eigenvalue weighted by Crippen LogP contribution is -2.03. The van der Waals surface area contributed by atoms with Crippen LogP contribution in [-0.4, -0.2) is 9.97 Å². The molecule has 0 aliphatic heterocycles. The molecule has 0 atom stereocenters. The van der Waals surface area contributed by atoms with Crippen LogP contribution in [0.25, 0.3) is 0 Å². The Morgan fingerprint density at radius 3 is 2.83 bits per heavy atom. The number of hydrogen-bond donors (Lipinski definition) is 1. The number of rotatable bonds is 3. The second-order valence-electron chi connectivity index (χ2n) is 3.79. The summed E-state index contributed by atoms with van der Waals surface area (Å²) in [6.45, 7) is 2.50. The average molecular weight is 259 g/mol. The SMILES string of the molecule is Cc1ccc(CNc2nccc(C#N)c2Cl)cn1. The fourth-order valence-corrected chi connectivity index (χ4v) is 1.66. The minimum Gasteiger partial charge on any atom is -0.365 e. The van der Waals surface area contributed by atoms with Gasteiger partial charge in [0.1, 0.15) is 16.9 Å². The first-order valence-electron chi connectivity index (χ1n) is 5.40. The van der Waals surface area contributed by atoms with E-state index in [9.17, 15) is 0 Å². The summed E-state index contributed by atoms with van der Waals surface area (Å²) in [5.74, 6) is 0.510. The number of pyridine rings is 2. The van der Waals surface area contributed by atoms with Crippen molar-refractivity contribution in [1.82, 2.24) is 9.97 Å². The van der Waals surface area contributed by atoms with Gasteiger partial charge in [0, 0.05) is 24.6 Å². The number of nitrogens with one attached hydrogen (secondary N) is 1. The highest BCUT2D eigenvalue weighted by molar-refractivity contribution is 6.34. The molecular weight excluding hydrogens is 248 g/mol. The lowest BCUT2D eigenvalue weighted by atomic mass is 10.2. The fraction of sp³-hybridized carbons (Fsp3) is 0.154. The Hall–Kier alpha value is -2.12. The van der Waals surface area contributed by atoms with Crippen molar-refractivity contribution in [1.29, 1.82) is 5.26 Å². The molecule has 0 spiro atoms. The van der Waals surface area contributed by atoms with Gasteiger partial charge in [0.25, 0.3) is 0 Å². The summed E-state index contributed by atoms with van der Waals surface area (Å²) in [6, 6.07) is 7.53. The zero-order valence-corrected chi connectivity index (χ0v) is 10.6. The van der Waals surface area contributed by atoms with Gasteiger partial charge in [-0.15, -0.1) is 0 Å². The predicted octanol–water partition coefficient (Wildman–Crippen LogP) is 2.92. The van der Waals surface area contributed by atoms with E-state index in [0.29, 0.717) is 22.9 Å². The maximum Gasteiger partial charge on any atom is 0.146 e. The molecule has 0 saturated heterocycles. The van der Waals surface area contributed by atoms with Crippen molar-refractivity contribution in [3.63, 3.8) is 0 Å². The molecule has 0 amide bonds. The van der Waals surface area contributed by atoms with Crippen LogP contribution in [0.5, 0.6) is 0 Å². The summed E-state index contributed by atoms with van der Waals surface area (Å²) < 4.78 is 0. The van der Waals surface area contributed by atoms with Crippen LogP contribution in [0.1, 0.15) is 16.8 Å². The standard InChI is InChI=1S/C13H11ClN4/c1-9-2-3-10(7-17-9)8-18-13-12(14)11(6-15)4-5-16-13/h2-5,7H,8H2,1H3,(H,16,18). The number of anilines is 1. The quantitative estimate of drug-likeness (QED) is 0.920. The monoisotopic (exact) mass is 258 g/mol. The van der Waals surface area contributed by atoms with Crippen molar-refractivity contribution in [2.24, 2.45) is 0 Å². The van der Waals surface area contributed by atoms with Gasteiger partial charge in [-0.1, -0.05) is 17.7 Å². The van der Waals surface area contributed by atoms with Crippen LogP contribution in [-0.2, 0) is 6.54 Å². The third-order valence-corrected chi connectivity index (χ3v) is 2.82. The highest BCUT2D eigenvalue weighted by atomic mass is 35.5. The molecule has 4 nitrogen and oxygen atoms in total. The highest BCUT2D eigenvalue weighted by Gasteiger charge is 2.06. The Morgan fingerprint density at radius 1 is 1.33 bits per heavy atom. The van der Waals surface area contributed by atoms with Crippen molar-refractivity contribution in [3.8, 4) is 6.07 Å². The molecule has 2 rings (SSSR count). The lowest BCUT2D eigenvalue weighted by molar-refractivity contribution is 1.07. The Labute approximate surface area is 110 Å². The van der Waals surface area contributed by atoms with E-state index < -0.39 is 0 Å². The van der Waals surface area contributed by atoms with E-state index in [2.05, 4.69) is 15.3 Å². The van der Waals surface area contributed by atoms with Crippen LogP contribution in [0.2, 0.25) is 5.02 Å². The Kier molecular flexibility index (Phi) is 3.75. The molecule has 0 unspecified atom stereocenters. The normalized spacial score (nSPS) is 9.83. The van der Waals surface area contributed by atoms with Crippen LogP contribution in [0.3, 0.4) is 0 Å². The fourth-order valence-electron chi connectivity index (χ4n) is 1.44. The van der Waals surface area contributed by atoms with E-state index in [4.69, 9.17) is 16.9 Å². The Balaban J connectivity index is 2.11. The number of halogens is 1. The van der Waals surface area contributed by atoms with E-state index in [0.717, 1.165) is 11.3 Å². The molecule has 2 aromatic rings. The van der Waals surface area contributed by atoms with E-state index in [-0.39, 0.29) is 0 Å². The van der Waals surface area contributed by atoms with Crippen LogP contribution in [0.4, 0.5) is 5.82 Å². The van der Waals surface area contributed by atoms with Crippen molar-refractivity contribution in [3.05, 3.63) is 52.4 Å². The molecular formula is C13H11ClN4. The van der Waals surface area contributed by atoms with Gasteiger partial charge in [-0.2, -0.15) is 5.26 Å². The molecule has 0 saturated carbocycles. The lowest BCUT2D eigenvalue weighted by Gasteiger charge is -2.07. The summed E-state index contributed by atoms with van der Waals surface area (Å²) in [7, 11) is 0. The zero-order chi connectivity index (χ0) is 13.0. The Morgan fingerprint density at radius 2 is 2.17 bits per heavy atom. The maximum absolute atomic E-state index is 8.86. The maximum atomic E-state index is 8.86. The van der Waals surface area contributed by atoms with Crippen molar-refractivity contribution < 1.29 is 0 Å². The molecule has 1 N–H and O–H groups in total. The van der Waals surface area contributed by atoms with Crippen molar-refractivity contribution in [2.75, 3.05) is 5.32 Å². The minimum atomic E-state index is 0.347. The molecule has 0 aliphatic rings. The second kappa shape index (κ2) is 5.48. The number of hydrogen-bond acceptors (Lipinski definition) is 4.